The summed E-state index contributed by atoms with van der Waals surface area (Å²) in [6.45, 7) is 12.5. The van der Waals surface area contributed by atoms with Crippen LogP contribution < -0.4 is 20.1 Å². The summed E-state index contributed by atoms with van der Waals surface area (Å²) in [5.41, 5.74) is 10.8. The quantitative estimate of drug-likeness (QED) is 0.165. The largest absolute Gasteiger partial charge is 0.332 e. The van der Waals surface area contributed by atoms with Crippen LogP contribution in [0, 0.1) is 5.92 Å². The van der Waals surface area contributed by atoms with Crippen molar-refractivity contribution in [2.45, 2.75) is 148 Å². The molecule has 4 aliphatic carbocycles. The summed E-state index contributed by atoms with van der Waals surface area (Å²) in [5.74, 6) is 0.181. The Bertz CT molecular complexity index is 2050. The second-order valence-electron chi connectivity index (χ2n) is 17.6. The van der Waals surface area contributed by atoms with Crippen LogP contribution in [0.5, 0.6) is 0 Å². The summed E-state index contributed by atoms with van der Waals surface area (Å²) >= 11 is 0. The summed E-state index contributed by atoms with van der Waals surface area (Å²) in [7, 11) is -3.83. The van der Waals surface area contributed by atoms with E-state index in [9.17, 15) is 26.4 Å². The number of benzene rings is 2. The van der Waals surface area contributed by atoms with Gasteiger partial charge >= 0.3 is 12.1 Å². The number of fused-ring (bicyclic) bond motifs is 4. The van der Waals surface area contributed by atoms with Crippen LogP contribution in [0.15, 0.2) is 12.1 Å². The maximum atomic E-state index is 13.6. The summed E-state index contributed by atoms with van der Waals surface area (Å²) in [6.07, 6.45) is 9.60. The zero-order valence-corrected chi connectivity index (χ0v) is 36.3. The fourth-order valence-corrected chi connectivity index (χ4v) is 11.4. The second-order valence-corrected chi connectivity index (χ2v) is 21.5. The third kappa shape index (κ3) is 9.23. The predicted octanol–water partition coefficient (Wildman–Crippen LogP) is 6.25. The highest BCUT2D eigenvalue weighted by molar-refractivity contribution is 7.90. The first-order chi connectivity index (χ1) is 26.3. The number of hydrogen-bond acceptors (Lipinski definition) is 8. The van der Waals surface area contributed by atoms with Crippen LogP contribution in [-0.2, 0) is 65.0 Å². The molecule has 4 aliphatic rings. The molecule has 4 unspecified atom stereocenters. The van der Waals surface area contributed by atoms with E-state index in [2.05, 4.69) is 69.7 Å². The van der Waals surface area contributed by atoms with Gasteiger partial charge in [0, 0.05) is 29.5 Å². The number of carbonyl (C=O) groups is 2. The van der Waals surface area contributed by atoms with Crippen LogP contribution in [0.3, 0.4) is 0 Å². The Kier molecular flexibility index (Phi) is 12.8. The SMILES string of the molecule is CC(C)N(C)CCC(C)S(=O)(=O)NC(=O)Nc1c2c(cc3c1C(C1Cc4cc5c(c(NC(=O)NS(=O)(=O)CCC(C)N(C)C(C)C)c4C1)CCC5)CC3)CCC2. The number of hydrogen-bond donors (Lipinski definition) is 4. The molecule has 0 spiro atoms. The number of urea groups is 2. The molecule has 310 valence electrons. The van der Waals surface area contributed by atoms with E-state index in [-0.39, 0.29) is 35.7 Å². The number of carbonyl (C=O) groups excluding carboxylic acids is 2. The average molecular weight is 813 g/mol. The summed E-state index contributed by atoms with van der Waals surface area (Å²) in [5, 5.41) is 5.35. The predicted molar refractivity (Wildman–Crippen MR) is 225 cm³/mol. The molecule has 0 fully saturated rings. The maximum Gasteiger partial charge on any atom is 0.332 e. The van der Waals surface area contributed by atoms with Gasteiger partial charge in [0.2, 0.25) is 20.0 Å². The second kappa shape index (κ2) is 17.0. The Hall–Kier alpha value is -3.20. The molecule has 0 aliphatic heterocycles. The highest BCUT2D eigenvalue weighted by atomic mass is 32.2. The molecule has 56 heavy (non-hydrogen) atoms. The Morgan fingerprint density at radius 3 is 1.96 bits per heavy atom. The van der Waals surface area contributed by atoms with Crippen molar-refractivity contribution in [3.8, 4) is 0 Å². The number of nitrogens with one attached hydrogen (secondary N) is 4. The Morgan fingerprint density at radius 1 is 0.714 bits per heavy atom. The van der Waals surface area contributed by atoms with Gasteiger partial charge in [0.25, 0.3) is 0 Å². The van der Waals surface area contributed by atoms with Crippen molar-refractivity contribution in [1.82, 2.24) is 19.2 Å². The molecule has 0 saturated carbocycles. The molecule has 0 saturated heterocycles. The van der Waals surface area contributed by atoms with Gasteiger partial charge in [0.15, 0.2) is 0 Å². The molecule has 0 heterocycles. The minimum atomic E-state index is -3.91. The van der Waals surface area contributed by atoms with Gasteiger partial charge in [-0.1, -0.05) is 12.1 Å². The van der Waals surface area contributed by atoms with Crippen molar-refractivity contribution in [3.05, 3.63) is 56.6 Å². The van der Waals surface area contributed by atoms with Crippen LogP contribution in [0.1, 0.15) is 124 Å². The van der Waals surface area contributed by atoms with Crippen LogP contribution in [0.25, 0.3) is 0 Å². The molecule has 14 heteroatoms. The topological polar surface area (TPSA) is 157 Å². The first-order valence-corrected chi connectivity index (χ1v) is 23.9. The molecular formula is C42H64N6O6S2. The van der Waals surface area contributed by atoms with Crippen molar-refractivity contribution in [2.75, 3.05) is 37.0 Å². The summed E-state index contributed by atoms with van der Waals surface area (Å²) in [4.78, 5) is 31.2. The van der Waals surface area contributed by atoms with Crippen LogP contribution >= 0.6 is 0 Å². The summed E-state index contributed by atoms with van der Waals surface area (Å²) < 4.78 is 57.3. The zero-order valence-electron chi connectivity index (χ0n) is 34.7. The average Bonchev–Trinajstić information content (AvgIpc) is 3.94. The van der Waals surface area contributed by atoms with Gasteiger partial charge in [-0.25, -0.2) is 35.9 Å². The van der Waals surface area contributed by atoms with Gasteiger partial charge in [-0.2, -0.15) is 0 Å². The lowest BCUT2D eigenvalue weighted by Crippen LogP contribution is -2.41. The first-order valence-electron chi connectivity index (χ1n) is 20.7. The van der Waals surface area contributed by atoms with Crippen molar-refractivity contribution in [2.24, 2.45) is 5.92 Å². The van der Waals surface area contributed by atoms with E-state index in [0.29, 0.717) is 25.8 Å². The highest BCUT2D eigenvalue weighted by Crippen LogP contribution is 2.51. The smallest absolute Gasteiger partial charge is 0.307 e. The fourth-order valence-electron chi connectivity index (χ4n) is 9.38. The molecule has 12 nitrogen and oxygen atoms in total. The third-order valence-corrected chi connectivity index (χ3v) is 16.3. The van der Waals surface area contributed by atoms with E-state index in [1.807, 2.05) is 21.0 Å². The van der Waals surface area contributed by atoms with Crippen LogP contribution in [0.2, 0.25) is 0 Å². The molecule has 4 atom stereocenters. The van der Waals surface area contributed by atoms with Gasteiger partial charge in [-0.3, -0.25) is 0 Å². The lowest BCUT2D eigenvalue weighted by molar-refractivity contribution is 0.204. The molecular weight excluding hydrogens is 749 g/mol. The van der Waals surface area contributed by atoms with Gasteiger partial charge in [-0.05, 0) is 196 Å². The Labute approximate surface area is 335 Å². The van der Waals surface area contributed by atoms with Crippen molar-refractivity contribution in [1.29, 1.82) is 0 Å². The van der Waals surface area contributed by atoms with E-state index in [4.69, 9.17) is 0 Å². The van der Waals surface area contributed by atoms with E-state index >= 15 is 0 Å². The van der Waals surface area contributed by atoms with E-state index in [0.717, 1.165) is 91.4 Å². The Morgan fingerprint density at radius 2 is 1.32 bits per heavy atom. The van der Waals surface area contributed by atoms with Crippen molar-refractivity contribution in [3.63, 3.8) is 0 Å². The fraction of sp³-hybridized carbons (Fsp3) is 0.667. The molecule has 0 aromatic heterocycles. The number of sulfonamides is 2. The standard InChI is InChI=1S/C42H64N6O6S2/c1-25(2)47(7)19-17-28(6)56(53,54)46-42(50)44-40-36-14-10-11-29(36)21-31-15-16-34(38(31)40)33-23-32-22-30-12-9-13-35(30)39(37(32)24-33)43-41(49)45-55(51,52)20-18-27(5)48(8)26(3)4/h21-22,25-28,33-34H,9-20,23-24H2,1-8H3,(H2,43,45,49)(H2,44,46,50). The van der Waals surface area contributed by atoms with Gasteiger partial charge in [0.1, 0.15) is 0 Å². The Balaban J connectivity index is 1.20. The highest BCUT2D eigenvalue weighted by Gasteiger charge is 2.40. The van der Waals surface area contributed by atoms with Gasteiger partial charge < -0.3 is 20.4 Å². The van der Waals surface area contributed by atoms with E-state index in [1.54, 1.807) is 6.92 Å². The molecule has 6 rings (SSSR count). The van der Waals surface area contributed by atoms with Crippen LogP contribution in [-0.4, -0.2) is 88.5 Å². The monoisotopic (exact) mass is 812 g/mol. The normalized spacial score (nSPS) is 19.9. The van der Waals surface area contributed by atoms with Gasteiger partial charge in [-0.15, -0.1) is 0 Å². The first kappa shape index (κ1) is 42.4. The number of anilines is 2. The minimum Gasteiger partial charge on any atom is -0.307 e. The zero-order chi connectivity index (χ0) is 40.7. The van der Waals surface area contributed by atoms with Crippen molar-refractivity contribution < 1.29 is 26.4 Å². The molecule has 2 aromatic rings. The molecule has 4 N–H and O–H groups in total. The van der Waals surface area contributed by atoms with Crippen LogP contribution in [0.4, 0.5) is 21.0 Å². The third-order valence-electron chi connectivity index (χ3n) is 13.3. The lowest BCUT2D eigenvalue weighted by Gasteiger charge is -2.28. The van der Waals surface area contributed by atoms with E-state index < -0.39 is 37.4 Å². The molecule has 4 amide bonds. The molecule has 0 radical (unpaired) electrons. The van der Waals surface area contributed by atoms with E-state index in [1.165, 1.54) is 22.3 Å². The number of aryl methyl sites for hydroxylation is 3. The lowest BCUT2D eigenvalue weighted by atomic mass is 9.83. The number of amides is 4. The molecule has 2 aromatic carbocycles. The number of nitrogens with zero attached hydrogens (tertiary/aromatic N) is 2. The minimum absolute atomic E-state index is 0.0442. The number of rotatable bonds is 15. The summed E-state index contributed by atoms with van der Waals surface area (Å²) in [6, 6.07) is 3.76. The maximum absolute atomic E-state index is 13.6. The van der Waals surface area contributed by atoms with Crippen molar-refractivity contribution >= 4 is 43.5 Å². The van der Waals surface area contributed by atoms with Gasteiger partial charge in [0.05, 0.1) is 11.0 Å². The molecule has 0 bridgehead atoms.